The van der Waals surface area contributed by atoms with Gasteiger partial charge in [-0.15, -0.1) is 0 Å². The molecule has 1 fully saturated rings. The van der Waals surface area contributed by atoms with Gasteiger partial charge >= 0.3 is 0 Å². The van der Waals surface area contributed by atoms with Gasteiger partial charge in [0.05, 0.1) is 11.5 Å². The third-order valence-electron chi connectivity index (χ3n) is 1.78. The molecule has 0 aliphatic heterocycles. The molecule has 0 amide bonds. The van der Waals surface area contributed by atoms with Crippen molar-refractivity contribution in [2.45, 2.75) is 31.9 Å². The zero-order chi connectivity index (χ0) is 7.61. The summed E-state index contributed by atoms with van der Waals surface area (Å²) in [6.07, 6.45) is 2.26. The van der Waals surface area contributed by atoms with E-state index in [1.54, 1.807) is 0 Å². The molecule has 0 radical (unpaired) electrons. The van der Waals surface area contributed by atoms with Gasteiger partial charge in [0.1, 0.15) is 0 Å². The van der Waals surface area contributed by atoms with Crippen molar-refractivity contribution in [1.29, 1.82) is 5.26 Å². The predicted molar refractivity (Wildman–Crippen MR) is 44.9 cm³/mol. The Labute approximate surface area is 66.8 Å². The first kappa shape index (κ1) is 7.94. The van der Waals surface area contributed by atoms with Gasteiger partial charge in [0, 0.05) is 5.75 Å². The third kappa shape index (κ3) is 1.91. The first-order chi connectivity index (χ1) is 4.68. The Balaban J connectivity index is 2.21. The molecule has 0 unspecified atom stereocenters. The Morgan fingerprint density at radius 2 is 2.20 bits per heavy atom. The van der Waals surface area contributed by atoms with Crippen LogP contribution in [0.2, 0.25) is 0 Å². The van der Waals surface area contributed by atoms with E-state index >= 15 is 0 Å². The minimum Gasteiger partial charge on any atom is -0.198 e. The quantitative estimate of drug-likeness (QED) is 0.625. The summed E-state index contributed by atoms with van der Waals surface area (Å²) in [5.41, 5.74) is 0.0922. The molecule has 0 aromatic heterocycles. The van der Waals surface area contributed by atoms with Crippen LogP contribution in [0.1, 0.15) is 26.7 Å². The van der Waals surface area contributed by atoms with Gasteiger partial charge in [-0.3, -0.25) is 0 Å². The Bertz CT molecular complexity index is 153. The highest BCUT2D eigenvalue weighted by molar-refractivity contribution is 7.99. The highest BCUT2D eigenvalue weighted by Gasteiger charge is 2.42. The van der Waals surface area contributed by atoms with Gasteiger partial charge in [-0.1, -0.05) is 13.8 Å². The average molecular weight is 155 g/mol. The zero-order valence-electron chi connectivity index (χ0n) is 6.55. The number of rotatable bonds is 3. The largest absolute Gasteiger partial charge is 0.198 e. The molecule has 1 rings (SSSR count). The van der Waals surface area contributed by atoms with Crippen molar-refractivity contribution < 1.29 is 0 Å². The van der Waals surface area contributed by atoms with Crippen LogP contribution in [0.4, 0.5) is 0 Å². The van der Waals surface area contributed by atoms with Crippen molar-refractivity contribution in [3.05, 3.63) is 0 Å². The molecule has 0 heterocycles. The minimum atomic E-state index is 0.0922. The van der Waals surface area contributed by atoms with Gasteiger partial charge in [0.2, 0.25) is 0 Å². The van der Waals surface area contributed by atoms with E-state index in [4.69, 9.17) is 5.26 Å². The topological polar surface area (TPSA) is 23.8 Å². The van der Waals surface area contributed by atoms with E-state index in [0.717, 1.165) is 18.6 Å². The van der Waals surface area contributed by atoms with Crippen molar-refractivity contribution in [3.63, 3.8) is 0 Å². The molecule has 2 heteroatoms. The van der Waals surface area contributed by atoms with Crippen molar-refractivity contribution in [2.75, 3.05) is 5.75 Å². The average Bonchev–Trinajstić information content (AvgIpc) is 2.64. The van der Waals surface area contributed by atoms with E-state index < -0.39 is 0 Å². The van der Waals surface area contributed by atoms with Crippen LogP contribution < -0.4 is 0 Å². The lowest BCUT2D eigenvalue weighted by Gasteiger charge is -2.06. The number of nitriles is 1. The van der Waals surface area contributed by atoms with Crippen LogP contribution in [0.3, 0.4) is 0 Å². The molecule has 0 aromatic carbocycles. The van der Waals surface area contributed by atoms with Crippen LogP contribution in [0, 0.1) is 16.7 Å². The van der Waals surface area contributed by atoms with Gasteiger partial charge in [-0.2, -0.15) is 17.0 Å². The van der Waals surface area contributed by atoms with Crippen LogP contribution in [0.25, 0.3) is 0 Å². The van der Waals surface area contributed by atoms with Gasteiger partial charge in [-0.05, 0) is 18.1 Å². The summed E-state index contributed by atoms with van der Waals surface area (Å²) in [4.78, 5) is 0. The summed E-state index contributed by atoms with van der Waals surface area (Å²) in [5, 5.41) is 9.38. The van der Waals surface area contributed by atoms with Crippen LogP contribution in [-0.4, -0.2) is 11.0 Å². The van der Waals surface area contributed by atoms with Gasteiger partial charge < -0.3 is 0 Å². The number of thioether (sulfide) groups is 1. The lowest BCUT2D eigenvalue weighted by atomic mass is 10.2. The van der Waals surface area contributed by atoms with Crippen molar-refractivity contribution in [1.82, 2.24) is 0 Å². The fourth-order valence-corrected chi connectivity index (χ4v) is 1.77. The van der Waals surface area contributed by atoms with E-state index in [1.807, 2.05) is 11.8 Å². The molecule has 0 saturated heterocycles. The summed E-state index contributed by atoms with van der Waals surface area (Å²) >= 11 is 1.90. The molecule has 0 N–H and O–H groups in total. The summed E-state index contributed by atoms with van der Waals surface area (Å²) in [6.45, 7) is 4.36. The van der Waals surface area contributed by atoms with Gasteiger partial charge in [0.25, 0.3) is 0 Å². The maximum atomic E-state index is 8.71. The molecule has 0 aromatic rings. The molecule has 1 saturated carbocycles. The number of hydrogen-bond acceptors (Lipinski definition) is 2. The molecule has 1 nitrogen and oxygen atoms in total. The Morgan fingerprint density at radius 3 is 2.50 bits per heavy atom. The highest BCUT2D eigenvalue weighted by atomic mass is 32.2. The molecular weight excluding hydrogens is 142 g/mol. The minimum absolute atomic E-state index is 0.0922. The van der Waals surface area contributed by atoms with E-state index in [9.17, 15) is 0 Å². The van der Waals surface area contributed by atoms with E-state index in [1.165, 1.54) is 0 Å². The maximum absolute atomic E-state index is 8.71. The molecule has 0 bridgehead atoms. The maximum Gasteiger partial charge on any atom is 0.0698 e. The second-order valence-corrected chi connectivity index (χ2v) is 4.82. The van der Waals surface area contributed by atoms with Crippen LogP contribution >= 0.6 is 11.8 Å². The summed E-state index contributed by atoms with van der Waals surface area (Å²) < 4.78 is 0. The van der Waals surface area contributed by atoms with Crippen LogP contribution in [-0.2, 0) is 0 Å². The monoisotopic (exact) mass is 155 g/mol. The molecule has 56 valence electrons. The van der Waals surface area contributed by atoms with Crippen LogP contribution in [0.15, 0.2) is 0 Å². The van der Waals surface area contributed by atoms with E-state index in [0.29, 0.717) is 5.25 Å². The smallest absolute Gasteiger partial charge is 0.0698 e. The summed E-state index contributed by atoms with van der Waals surface area (Å²) in [7, 11) is 0. The second kappa shape index (κ2) is 2.84. The summed E-state index contributed by atoms with van der Waals surface area (Å²) in [5.74, 6) is 1.04. The van der Waals surface area contributed by atoms with Crippen LogP contribution in [0.5, 0.6) is 0 Å². The fraction of sp³-hybridized carbons (Fsp3) is 0.875. The molecular formula is C8H13NS. The molecule has 10 heavy (non-hydrogen) atoms. The predicted octanol–water partition coefficient (Wildman–Crippen LogP) is 2.43. The van der Waals surface area contributed by atoms with E-state index in [2.05, 4.69) is 19.9 Å². The number of nitrogens with zero attached hydrogens (tertiary/aromatic N) is 1. The highest BCUT2D eigenvalue weighted by Crippen LogP contribution is 2.47. The lowest BCUT2D eigenvalue weighted by Crippen LogP contribution is -2.02. The summed E-state index contributed by atoms with van der Waals surface area (Å²) in [6, 6.07) is 2.39. The molecule has 1 aliphatic rings. The Hall–Kier alpha value is -0.160. The van der Waals surface area contributed by atoms with Gasteiger partial charge in [0.15, 0.2) is 0 Å². The first-order valence-corrected chi connectivity index (χ1v) is 4.76. The zero-order valence-corrected chi connectivity index (χ0v) is 7.37. The molecule has 0 atom stereocenters. The van der Waals surface area contributed by atoms with Crippen molar-refractivity contribution in [3.8, 4) is 6.07 Å². The second-order valence-electron chi connectivity index (χ2n) is 3.25. The lowest BCUT2D eigenvalue weighted by molar-refractivity contribution is 0.780. The standard InChI is InChI=1S/C8H13NS/c1-7(2)10-6-8(5-9)3-4-8/h7H,3-4,6H2,1-2H3. The van der Waals surface area contributed by atoms with E-state index in [-0.39, 0.29) is 5.41 Å². The molecule has 0 spiro atoms. The van der Waals surface area contributed by atoms with Crippen molar-refractivity contribution >= 4 is 11.8 Å². The Morgan fingerprint density at radius 1 is 1.60 bits per heavy atom. The fourth-order valence-electron chi connectivity index (χ4n) is 0.765. The first-order valence-electron chi connectivity index (χ1n) is 3.71. The third-order valence-corrected chi connectivity index (χ3v) is 3.17. The normalized spacial score (nSPS) is 20.6. The molecule has 1 aliphatic carbocycles. The Kier molecular flexibility index (Phi) is 2.25. The number of hydrogen-bond donors (Lipinski definition) is 0. The SMILES string of the molecule is CC(C)SCC1(C#N)CC1. The van der Waals surface area contributed by atoms with Gasteiger partial charge in [-0.25, -0.2) is 0 Å². The van der Waals surface area contributed by atoms with Crippen molar-refractivity contribution in [2.24, 2.45) is 5.41 Å².